The van der Waals surface area contributed by atoms with E-state index in [0.29, 0.717) is 11.2 Å². The Morgan fingerprint density at radius 3 is 2.66 bits per heavy atom. The van der Waals surface area contributed by atoms with E-state index in [9.17, 15) is 24.6 Å². The van der Waals surface area contributed by atoms with E-state index in [1.54, 1.807) is 0 Å². The highest BCUT2D eigenvalue weighted by Gasteiger charge is 2.46. The highest BCUT2D eigenvalue weighted by Crippen LogP contribution is 2.42. The Hall–Kier alpha value is -1.41. The molecule has 1 aliphatic heterocycles. The lowest BCUT2D eigenvalue weighted by atomic mass is 10.1. The summed E-state index contributed by atoms with van der Waals surface area (Å²) in [5, 5.41) is 38.1. The van der Waals surface area contributed by atoms with Crippen molar-refractivity contribution in [2.45, 2.75) is 62.1 Å². The van der Waals surface area contributed by atoms with Gasteiger partial charge < -0.3 is 39.9 Å². The van der Waals surface area contributed by atoms with E-state index in [1.165, 1.54) is 10.9 Å². The van der Waals surface area contributed by atoms with Crippen molar-refractivity contribution in [3.8, 4) is 0 Å². The minimum absolute atomic E-state index is 0.0277. The lowest BCUT2D eigenvalue weighted by Crippen LogP contribution is -2.35. The molecule has 0 spiro atoms. The predicted molar refractivity (Wildman–Crippen MR) is 111 cm³/mol. The van der Waals surface area contributed by atoms with Gasteiger partial charge in [-0.2, -0.15) is 15.1 Å². The number of anilines is 1. The standard InChI is InChI=1S/C17H25ClN5O8P/c18-17-21-14(20-8-3-1-2-4-8)9-5-19-23(15(9)22-17)16-13(26)12(25)10(31-16)7-30-11(6-24)32(27,28)29/h5,8,10-13,16,24-26H,1-4,6-7H2,(H,20,21,22)(H2,27,28,29)/t10-,11-,12-,13-,16?/m1/s1. The number of rotatable bonds is 8. The molecule has 4 rings (SSSR count). The molecular weight excluding hydrogens is 469 g/mol. The molecule has 1 saturated carbocycles. The van der Waals surface area contributed by atoms with Crippen LogP contribution in [-0.4, -0.2) is 88.3 Å². The average molecular weight is 494 g/mol. The highest BCUT2D eigenvalue weighted by atomic mass is 35.5. The summed E-state index contributed by atoms with van der Waals surface area (Å²) in [6.45, 7) is -1.40. The van der Waals surface area contributed by atoms with Gasteiger partial charge in [0.15, 0.2) is 17.7 Å². The fraction of sp³-hybridized carbons (Fsp3) is 0.706. The maximum Gasteiger partial charge on any atom is 0.356 e. The SMILES string of the molecule is O=P(O)(O)[C@H](CO)OC[C@H]1OC(n2ncc3c(NC4CCCC4)nc(Cl)nc32)[C@H](O)[C@@H]1O. The van der Waals surface area contributed by atoms with Gasteiger partial charge in [-0.25, -0.2) is 4.68 Å². The van der Waals surface area contributed by atoms with Gasteiger partial charge in [0.2, 0.25) is 5.28 Å². The number of fused-ring (bicyclic) bond motifs is 1. The molecule has 2 aliphatic rings. The third-order valence-electron chi connectivity index (χ3n) is 5.68. The summed E-state index contributed by atoms with van der Waals surface area (Å²) < 4.78 is 23.3. The van der Waals surface area contributed by atoms with Crippen molar-refractivity contribution < 1.29 is 39.1 Å². The molecule has 1 saturated heterocycles. The Labute approximate surface area is 187 Å². The minimum atomic E-state index is -4.72. The second-order valence-corrected chi connectivity index (χ2v) is 9.99. The number of nitrogens with zero attached hydrogens (tertiary/aromatic N) is 4. The Kier molecular flexibility index (Phi) is 7.01. The smallest absolute Gasteiger partial charge is 0.356 e. The topological polar surface area (TPSA) is 192 Å². The summed E-state index contributed by atoms with van der Waals surface area (Å²) in [6.07, 6.45) is 0.608. The maximum atomic E-state index is 11.3. The van der Waals surface area contributed by atoms with Crippen LogP contribution in [-0.2, 0) is 14.0 Å². The largest absolute Gasteiger partial charge is 0.393 e. The van der Waals surface area contributed by atoms with Crippen LogP contribution >= 0.6 is 19.2 Å². The summed E-state index contributed by atoms with van der Waals surface area (Å²) in [5.74, 6) is -1.26. The monoisotopic (exact) mass is 493 g/mol. The van der Waals surface area contributed by atoms with Crippen molar-refractivity contribution in [3.63, 3.8) is 0 Å². The van der Waals surface area contributed by atoms with Crippen LogP contribution in [0.5, 0.6) is 0 Å². The zero-order chi connectivity index (χ0) is 23.0. The molecule has 2 aromatic heterocycles. The van der Waals surface area contributed by atoms with Gasteiger partial charge >= 0.3 is 7.60 Å². The van der Waals surface area contributed by atoms with Crippen LogP contribution < -0.4 is 5.32 Å². The summed E-state index contributed by atoms with van der Waals surface area (Å²) in [5.41, 5.74) is 0.284. The minimum Gasteiger partial charge on any atom is -0.393 e. The number of halogens is 1. The summed E-state index contributed by atoms with van der Waals surface area (Å²) >= 11 is 6.11. The summed E-state index contributed by atoms with van der Waals surface area (Å²) in [7, 11) is -4.72. The number of aliphatic hydroxyl groups excluding tert-OH is 3. The lowest BCUT2D eigenvalue weighted by molar-refractivity contribution is -0.0807. The van der Waals surface area contributed by atoms with Gasteiger partial charge in [-0.3, -0.25) is 4.57 Å². The van der Waals surface area contributed by atoms with E-state index >= 15 is 0 Å². The molecule has 3 heterocycles. The summed E-state index contributed by atoms with van der Waals surface area (Å²) in [4.78, 5) is 26.8. The van der Waals surface area contributed by atoms with Crippen LogP contribution in [0.25, 0.3) is 11.0 Å². The van der Waals surface area contributed by atoms with E-state index in [0.717, 1.165) is 25.7 Å². The van der Waals surface area contributed by atoms with Crippen molar-refractivity contribution in [2.75, 3.05) is 18.5 Å². The van der Waals surface area contributed by atoms with Crippen molar-refractivity contribution in [2.24, 2.45) is 0 Å². The number of aromatic nitrogens is 4. The zero-order valence-electron chi connectivity index (χ0n) is 16.9. The Morgan fingerprint density at radius 1 is 1.28 bits per heavy atom. The summed E-state index contributed by atoms with van der Waals surface area (Å²) in [6, 6.07) is 0.262. The van der Waals surface area contributed by atoms with E-state index in [4.69, 9.17) is 26.2 Å². The van der Waals surface area contributed by atoms with Crippen molar-refractivity contribution in [1.82, 2.24) is 19.7 Å². The molecule has 32 heavy (non-hydrogen) atoms. The molecule has 1 unspecified atom stereocenters. The first-order chi connectivity index (χ1) is 15.2. The second kappa shape index (κ2) is 9.45. The van der Waals surface area contributed by atoms with Crippen molar-refractivity contribution >= 4 is 36.0 Å². The molecule has 0 aromatic carbocycles. The fourth-order valence-electron chi connectivity index (χ4n) is 3.99. The number of hydrogen-bond acceptors (Lipinski definition) is 10. The van der Waals surface area contributed by atoms with Crippen LogP contribution in [0.2, 0.25) is 5.28 Å². The molecule has 0 radical (unpaired) electrons. The molecule has 13 nitrogen and oxygen atoms in total. The fourth-order valence-corrected chi connectivity index (χ4v) is 4.65. The van der Waals surface area contributed by atoms with Gasteiger partial charge in [0.1, 0.15) is 24.1 Å². The van der Waals surface area contributed by atoms with Gasteiger partial charge in [-0.1, -0.05) is 12.8 Å². The number of aliphatic hydroxyl groups is 3. The lowest BCUT2D eigenvalue weighted by Gasteiger charge is -2.20. The molecule has 5 atom stereocenters. The number of nitrogens with one attached hydrogen (secondary N) is 1. The van der Waals surface area contributed by atoms with Gasteiger partial charge in [-0.15, -0.1) is 0 Å². The first-order valence-electron chi connectivity index (χ1n) is 10.2. The van der Waals surface area contributed by atoms with E-state index < -0.39 is 51.2 Å². The normalized spacial score (nSPS) is 27.9. The first kappa shape index (κ1) is 23.7. The van der Waals surface area contributed by atoms with Gasteiger partial charge in [0.05, 0.1) is 24.8 Å². The molecular formula is C17H25ClN5O8P. The van der Waals surface area contributed by atoms with E-state index in [1.807, 2.05) is 0 Å². The molecule has 2 aromatic rings. The Morgan fingerprint density at radius 2 is 2.00 bits per heavy atom. The molecule has 15 heteroatoms. The van der Waals surface area contributed by atoms with Gasteiger partial charge in [0, 0.05) is 6.04 Å². The Balaban J connectivity index is 1.54. The molecule has 6 N–H and O–H groups in total. The van der Waals surface area contributed by atoms with Gasteiger partial charge in [0.25, 0.3) is 0 Å². The second-order valence-electron chi connectivity index (χ2n) is 7.90. The molecule has 0 bridgehead atoms. The number of ether oxygens (including phenoxy) is 2. The first-order valence-corrected chi connectivity index (χ1v) is 12.2. The highest BCUT2D eigenvalue weighted by molar-refractivity contribution is 7.52. The van der Waals surface area contributed by atoms with Crippen molar-refractivity contribution in [1.29, 1.82) is 0 Å². The molecule has 2 fully saturated rings. The van der Waals surface area contributed by atoms with Crippen LogP contribution in [0.15, 0.2) is 6.20 Å². The maximum absolute atomic E-state index is 11.3. The quantitative estimate of drug-likeness (QED) is 0.213. The average Bonchev–Trinajstić information content (AvgIpc) is 3.44. The molecule has 0 amide bonds. The Bertz CT molecular complexity index is 999. The number of hydrogen-bond donors (Lipinski definition) is 6. The predicted octanol–water partition coefficient (Wildman–Crippen LogP) is -0.0339. The van der Waals surface area contributed by atoms with Gasteiger partial charge in [-0.05, 0) is 24.4 Å². The van der Waals surface area contributed by atoms with Crippen LogP contribution in [0.3, 0.4) is 0 Å². The van der Waals surface area contributed by atoms with E-state index in [2.05, 4.69) is 20.4 Å². The third kappa shape index (κ3) is 4.76. The zero-order valence-corrected chi connectivity index (χ0v) is 18.5. The van der Waals surface area contributed by atoms with Crippen LogP contribution in [0, 0.1) is 0 Å². The van der Waals surface area contributed by atoms with Crippen LogP contribution in [0.4, 0.5) is 5.82 Å². The van der Waals surface area contributed by atoms with Crippen LogP contribution in [0.1, 0.15) is 31.9 Å². The molecule has 178 valence electrons. The third-order valence-corrected chi connectivity index (χ3v) is 6.92. The molecule has 1 aliphatic carbocycles. The van der Waals surface area contributed by atoms with Crippen molar-refractivity contribution in [3.05, 3.63) is 11.5 Å². The van der Waals surface area contributed by atoms with E-state index in [-0.39, 0.29) is 17.0 Å².